The number of amides is 1. The number of carbonyl (C=O) groups is 1. The summed E-state index contributed by atoms with van der Waals surface area (Å²) in [5.74, 6) is 0.486. The number of nitrogens with zero attached hydrogens (tertiary/aromatic N) is 3. The lowest BCUT2D eigenvalue weighted by Crippen LogP contribution is -2.52. The number of para-hydroxylation sites is 1. The summed E-state index contributed by atoms with van der Waals surface area (Å²) in [5.41, 5.74) is 4.70. The average molecular weight is 534 g/mol. The zero-order valence-corrected chi connectivity index (χ0v) is 20.7. The number of fused-ring (bicyclic) bond motifs is 6. The van der Waals surface area contributed by atoms with E-state index in [-0.39, 0.29) is 5.91 Å². The van der Waals surface area contributed by atoms with Gasteiger partial charge in [0.1, 0.15) is 5.75 Å². The lowest BCUT2D eigenvalue weighted by atomic mass is 9.99. The van der Waals surface area contributed by atoms with Crippen molar-refractivity contribution in [1.29, 1.82) is 0 Å². The second kappa shape index (κ2) is 7.93. The van der Waals surface area contributed by atoms with E-state index >= 15 is 0 Å². The van der Waals surface area contributed by atoms with Gasteiger partial charge in [0, 0.05) is 15.6 Å². The zero-order chi connectivity index (χ0) is 24.3. The number of halogens is 1. The van der Waals surface area contributed by atoms with Crippen LogP contribution in [-0.2, 0) is 17.1 Å². The SMILES string of the molecule is O=C1N(Cc2ccccc2)c2ccccc2[C@@]12Oc1ccc(Br)cc1-c1cc(-c3ccccc3)nn12. The second-order valence-electron chi connectivity index (χ2n) is 8.97. The van der Waals surface area contributed by atoms with E-state index in [1.54, 1.807) is 4.68 Å². The molecule has 1 aromatic heterocycles. The molecule has 0 aliphatic carbocycles. The fourth-order valence-electron chi connectivity index (χ4n) is 5.19. The topological polar surface area (TPSA) is 47.4 Å². The minimum Gasteiger partial charge on any atom is -0.452 e. The first-order chi connectivity index (χ1) is 17.6. The van der Waals surface area contributed by atoms with Crippen LogP contribution in [0.25, 0.3) is 22.5 Å². The molecule has 0 saturated heterocycles. The van der Waals surface area contributed by atoms with Crippen molar-refractivity contribution in [1.82, 2.24) is 9.78 Å². The van der Waals surface area contributed by atoms with Gasteiger partial charge in [-0.15, -0.1) is 0 Å². The molecule has 2 aliphatic rings. The molecule has 174 valence electrons. The molecular formula is C30H20BrN3O2. The number of rotatable bonds is 3. The van der Waals surface area contributed by atoms with Crippen LogP contribution >= 0.6 is 15.9 Å². The molecule has 3 heterocycles. The molecule has 1 amide bonds. The minimum absolute atomic E-state index is 0.162. The second-order valence-corrected chi connectivity index (χ2v) is 9.89. The third-order valence-electron chi connectivity index (χ3n) is 6.83. The third kappa shape index (κ3) is 3.01. The predicted octanol–water partition coefficient (Wildman–Crippen LogP) is 6.62. The molecule has 0 unspecified atom stereocenters. The van der Waals surface area contributed by atoms with Crippen molar-refractivity contribution >= 4 is 27.5 Å². The van der Waals surface area contributed by atoms with Gasteiger partial charge < -0.3 is 9.64 Å². The summed E-state index contributed by atoms with van der Waals surface area (Å²) in [5, 5.41) is 5.00. The molecule has 7 rings (SSSR count). The van der Waals surface area contributed by atoms with Crippen LogP contribution in [0.5, 0.6) is 5.75 Å². The Morgan fingerprint density at radius 1 is 0.833 bits per heavy atom. The number of carbonyl (C=O) groups excluding carboxylic acids is 1. The van der Waals surface area contributed by atoms with Gasteiger partial charge in [-0.25, -0.2) is 4.68 Å². The molecule has 1 atom stereocenters. The first kappa shape index (κ1) is 21.1. The molecule has 0 bridgehead atoms. The molecule has 0 N–H and O–H groups in total. The number of hydrogen-bond acceptors (Lipinski definition) is 3. The van der Waals surface area contributed by atoms with Gasteiger partial charge in [-0.2, -0.15) is 5.10 Å². The van der Waals surface area contributed by atoms with Crippen LogP contribution in [0.2, 0.25) is 0 Å². The Labute approximate surface area is 216 Å². The standard InChI is InChI=1S/C30H20BrN3O2/c31-22-15-16-28-23(17-22)27-18-25(21-11-5-2-6-12-21)32-34(27)30(36-28)24-13-7-8-14-26(24)33(29(30)35)19-20-9-3-1-4-10-20/h1-18H,19H2/t30-/m1/s1. The lowest BCUT2D eigenvalue weighted by molar-refractivity contribution is -0.137. The Morgan fingerprint density at radius 3 is 2.36 bits per heavy atom. The van der Waals surface area contributed by atoms with E-state index in [9.17, 15) is 4.79 Å². The van der Waals surface area contributed by atoms with Crippen molar-refractivity contribution in [3.05, 3.63) is 125 Å². The maximum Gasteiger partial charge on any atom is 0.310 e. The van der Waals surface area contributed by atoms with Crippen LogP contribution in [0.15, 0.2) is 114 Å². The molecule has 0 saturated carbocycles. The maximum atomic E-state index is 14.5. The fourth-order valence-corrected chi connectivity index (χ4v) is 5.55. The monoisotopic (exact) mass is 533 g/mol. The first-order valence-corrected chi connectivity index (χ1v) is 12.5. The summed E-state index contributed by atoms with van der Waals surface area (Å²) in [4.78, 5) is 16.3. The molecule has 0 fully saturated rings. The van der Waals surface area contributed by atoms with Gasteiger partial charge in [0.15, 0.2) is 0 Å². The van der Waals surface area contributed by atoms with E-state index < -0.39 is 5.72 Å². The highest BCUT2D eigenvalue weighted by molar-refractivity contribution is 9.10. The van der Waals surface area contributed by atoms with Crippen molar-refractivity contribution in [3.63, 3.8) is 0 Å². The van der Waals surface area contributed by atoms with Crippen LogP contribution < -0.4 is 9.64 Å². The van der Waals surface area contributed by atoms with Crippen LogP contribution in [0.3, 0.4) is 0 Å². The fraction of sp³-hybridized carbons (Fsp3) is 0.0667. The summed E-state index contributed by atoms with van der Waals surface area (Å²) in [6.07, 6.45) is 0. The average Bonchev–Trinajstić information content (AvgIpc) is 3.47. The van der Waals surface area contributed by atoms with Gasteiger partial charge in [-0.05, 0) is 35.9 Å². The van der Waals surface area contributed by atoms with Crippen molar-refractivity contribution in [2.45, 2.75) is 12.3 Å². The Morgan fingerprint density at radius 2 is 1.56 bits per heavy atom. The van der Waals surface area contributed by atoms with E-state index in [1.165, 1.54) is 0 Å². The van der Waals surface area contributed by atoms with Crippen molar-refractivity contribution in [2.75, 3.05) is 4.90 Å². The van der Waals surface area contributed by atoms with E-state index in [2.05, 4.69) is 15.9 Å². The molecule has 1 spiro atoms. The van der Waals surface area contributed by atoms with Crippen molar-refractivity contribution in [3.8, 4) is 28.3 Å². The van der Waals surface area contributed by atoms with E-state index in [4.69, 9.17) is 9.84 Å². The van der Waals surface area contributed by atoms with Crippen LogP contribution in [0.4, 0.5) is 5.69 Å². The normalized spacial score (nSPS) is 17.5. The van der Waals surface area contributed by atoms with Gasteiger partial charge >= 0.3 is 5.72 Å². The predicted molar refractivity (Wildman–Crippen MR) is 143 cm³/mol. The quantitative estimate of drug-likeness (QED) is 0.262. The third-order valence-corrected chi connectivity index (χ3v) is 7.32. The zero-order valence-electron chi connectivity index (χ0n) is 19.1. The lowest BCUT2D eigenvalue weighted by Gasteiger charge is -2.35. The van der Waals surface area contributed by atoms with Crippen LogP contribution in [0, 0.1) is 0 Å². The van der Waals surface area contributed by atoms with Crippen molar-refractivity contribution in [2.24, 2.45) is 0 Å². The summed E-state index contributed by atoms with van der Waals surface area (Å²) < 4.78 is 9.41. The highest BCUT2D eigenvalue weighted by atomic mass is 79.9. The Balaban J connectivity index is 1.47. The Hall–Kier alpha value is -4.16. The van der Waals surface area contributed by atoms with Crippen LogP contribution in [0.1, 0.15) is 11.1 Å². The first-order valence-electron chi connectivity index (χ1n) is 11.8. The largest absolute Gasteiger partial charge is 0.452 e. The van der Waals surface area contributed by atoms with Crippen molar-refractivity contribution < 1.29 is 9.53 Å². The molecule has 6 heteroatoms. The highest BCUT2D eigenvalue weighted by Gasteiger charge is 2.58. The molecule has 2 aliphatic heterocycles. The smallest absolute Gasteiger partial charge is 0.310 e. The highest BCUT2D eigenvalue weighted by Crippen LogP contribution is 2.51. The summed E-state index contributed by atoms with van der Waals surface area (Å²) >= 11 is 3.59. The van der Waals surface area contributed by atoms with E-state index in [0.29, 0.717) is 12.3 Å². The van der Waals surface area contributed by atoms with Gasteiger partial charge in [0.2, 0.25) is 0 Å². The molecule has 4 aromatic carbocycles. The van der Waals surface area contributed by atoms with Gasteiger partial charge in [0.05, 0.1) is 29.2 Å². The number of aromatic nitrogens is 2. The van der Waals surface area contributed by atoms with Gasteiger partial charge in [-0.3, -0.25) is 4.79 Å². The summed E-state index contributed by atoms with van der Waals surface area (Å²) in [6, 6.07) is 35.8. The number of ether oxygens (including phenoxy) is 1. The van der Waals surface area contributed by atoms with Gasteiger partial charge in [0.25, 0.3) is 5.91 Å². The molecular weight excluding hydrogens is 514 g/mol. The van der Waals surface area contributed by atoms with E-state index in [1.807, 2.05) is 114 Å². The molecule has 36 heavy (non-hydrogen) atoms. The summed E-state index contributed by atoms with van der Waals surface area (Å²) in [7, 11) is 0. The number of hydrogen-bond donors (Lipinski definition) is 0. The minimum atomic E-state index is -1.44. The maximum absolute atomic E-state index is 14.5. The Bertz CT molecular complexity index is 1630. The molecule has 5 nitrogen and oxygen atoms in total. The number of benzene rings is 4. The molecule has 5 aromatic rings. The van der Waals surface area contributed by atoms with Crippen LogP contribution in [-0.4, -0.2) is 15.7 Å². The number of anilines is 1. The Kier molecular flexibility index (Phi) is 4.66. The van der Waals surface area contributed by atoms with E-state index in [0.717, 1.165) is 43.8 Å². The molecule has 0 radical (unpaired) electrons. The van der Waals surface area contributed by atoms with Gasteiger partial charge in [-0.1, -0.05) is 94.8 Å². The summed E-state index contributed by atoms with van der Waals surface area (Å²) in [6.45, 7) is 0.442.